The van der Waals surface area contributed by atoms with Crippen LogP contribution in [-0.2, 0) is 11.3 Å². The van der Waals surface area contributed by atoms with Gasteiger partial charge in [-0.2, -0.15) is 4.98 Å². The molecular weight excluding hydrogens is 336 g/mol. The molecule has 0 unspecified atom stereocenters. The maximum atomic E-state index is 10.8. The van der Waals surface area contributed by atoms with Gasteiger partial charge in [0.1, 0.15) is 12.3 Å². The summed E-state index contributed by atoms with van der Waals surface area (Å²) >= 11 is 5.87. The molecule has 0 bridgehead atoms. The molecule has 0 saturated carbocycles. The Kier molecular flexibility index (Phi) is 5.07. The molecule has 1 aliphatic heterocycles. The molecule has 2 heterocycles. The topological polar surface area (TPSA) is 90.6 Å². The standard InChI is InChI=1S/C15H15ClN4O4/c16-15-17-9-13(19-4-6-23-7-5-19)14(18-15)24-10-11-2-1-3-12(8-11)20(21)22/h1-3,8-9H,4-7,10H2. The van der Waals surface area contributed by atoms with Crippen LogP contribution in [0.15, 0.2) is 30.5 Å². The molecular formula is C15H15ClN4O4. The maximum Gasteiger partial charge on any atom is 0.269 e. The summed E-state index contributed by atoms with van der Waals surface area (Å²) < 4.78 is 11.1. The summed E-state index contributed by atoms with van der Waals surface area (Å²) in [7, 11) is 0. The maximum absolute atomic E-state index is 10.8. The Morgan fingerprint density at radius 1 is 1.38 bits per heavy atom. The van der Waals surface area contributed by atoms with Gasteiger partial charge in [0.05, 0.1) is 24.3 Å². The highest BCUT2D eigenvalue weighted by molar-refractivity contribution is 6.28. The van der Waals surface area contributed by atoms with Crippen LogP contribution in [0.5, 0.6) is 5.88 Å². The minimum Gasteiger partial charge on any atom is -0.471 e. The molecule has 1 fully saturated rings. The van der Waals surface area contributed by atoms with E-state index in [0.29, 0.717) is 37.7 Å². The SMILES string of the molecule is O=[N+]([O-])c1cccc(COc2nc(Cl)ncc2N2CCOCC2)c1. The third-order valence-electron chi connectivity index (χ3n) is 3.55. The highest BCUT2D eigenvalue weighted by Gasteiger charge is 2.18. The first kappa shape index (κ1) is 16.4. The highest BCUT2D eigenvalue weighted by Crippen LogP contribution is 2.28. The molecule has 126 valence electrons. The normalized spacial score (nSPS) is 14.5. The van der Waals surface area contributed by atoms with Crippen molar-refractivity contribution in [2.75, 3.05) is 31.2 Å². The lowest BCUT2D eigenvalue weighted by Gasteiger charge is -2.29. The molecule has 1 aliphatic rings. The molecule has 0 spiro atoms. The monoisotopic (exact) mass is 350 g/mol. The zero-order chi connectivity index (χ0) is 16.9. The second kappa shape index (κ2) is 7.41. The van der Waals surface area contributed by atoms with E-state index >= 15 is 0 Å². The van der Waals surface area contributed by atoms with Crippen molar-refractivity contribution >= 4 is 23.0 Å². The summed E-state index contributed by atoms with van der Waals surface area (Å²) in [6, 6.07) is 6.28. The second-order valence-corrected chi connectivity index (χ2v) is 5.48. The molecule has 9 heteroatoms. The van der Waals surface area contributed by atoms with Crippen molar-refractivity contribution in [2.45, 2.75) is 6.61 Å². The van der Waals surface area contributed by atoms with Gasteiger partial charge in [0.2, 0.25) is 11.2 Å². The van der Waals surface area contributed by atoms with Crippen LogP contribution >= 0.6 is 11.6 Å². The number of hydrogen-bond acceptors (Lipinski definition) is 7. The minimum absolute atomic E-state index is 0.0187. The van der Waals surface area contributed by atoms with E-state index in [2.05, 4.69) is 14.9 Å². The Hall–Kier alpha value is -2.45. The van der Waals surface area contributed by atoms with Crippen LogP contribution in [0.3, 0.4) is 0 Å². The van der Waals surface area contributed by atoms with Crippen LogP contribution in [0.25, 0.3) is 0 Å². The predicted molar refractivity (Wildman–Crippen MR) is 87.5 cm³/mol. The zero-order valence-corrected chi connectivity index (χ0v) is 13.5. The van der Waals surface area contributed by atoms with Gasteiger partial charge in [-0.25, -0.2) is 4.98 Å². The van der Waals surface area contributed by atoms with E-state index < -0.39 is 4.92 Å². The molecule has 0 atom stereocenters. The van der Waals surface area contributed by atoms with Gasteiger partial charge in [0, 0.05) is 25.2 Å². The fourth-order valence-corrected chi connectivity index (χ4v) is 2.50. The van der Waals surface area contributed by atoms with Crippen molar-refractivity contribution in [3.05, 3.63) is 51.4 Å². The van der Waals surface area contributed by atoms with E-state index in [-0.39, 0.29) is 17.6 Å². The number of aromatic nitrogens is 2. The number of anilines is 1. The van der Waals surface area contributed by atoms with Crippen molar-refractivity contribution in [3.8, 4) is 5.88 Å². The first-order valence-corrected chi connectivity index (χ1v) is 7.72. The van der Waals surface area contributed by atoms with Crippen molar-refractivity contribution in [1.29, 1.82) is 0 Å². The number of non-ortho nitro benzene ring substituents is 1. The van der Waals surface area contributed by atoms with Gasteiger partial charge in [0.25, 0.3) is 5.69 Å². The number of nitro groups is 1. The summed E-state index contributed by atoms with van der Waals surface area (Å²) in [6.07, 6.45) is 1.61. The number of nitrogens with zero attached hydrogens (tertiary/aromatic N) is 4. The number of nitro benzene ring substituents is 1. The average molecular weight is 351 g/mol. The van der Waals surface area contributed by atoms with E-state index in [1.807, 2.05) is 0 Å². The van der Waals surface area contributed by atoms with E-state index in [1.165, 1.54) is 12.1 Å². The largest absolute Gasteiger partial charge is 0.471 e. The second-order valence-electron chi connectivity index (χ2n) is 5.14. The summed E-state index contributed by atoms with van der Waals surface area (Å²) in [5.41, 5.74) is 1.42. The third kappa shape index (κ3) is 3.90. The third-order valence-corrected chi connectivity index (χ3v) is 3.74. The van der Waals surface area contributed by atoms with Gasteiger partial charge in [-0.05, 0) is 17.2 Å². The Balaban J connectivity index is 1.78. The van der Waals surface area contributed by atoms with E-state index in [4.69, 9.17) is 21.1 Å². The molecule has 1 aromatic carbocycles. The summed E-state index contributed by atoms with van der Waals surface area (Å²) in [4.78, 5) is 20.6. The van der Waals surface area contributed by atoms with Crippen LogP contribution in [0.1, 0.15) is 5.56 Å². The molecule has 0 radical (unpaired) electrons. The lowest BCUT2D eigenvalue weighted by Crippen LogP contribution is -2.36. The van der Waals surface area contributed by atoms with Crippen LogP contribution in [0, 0.1) is 10.1 Å². The molecule has 1 saturated heterocycles. The lowest BCUT2D eigenvalue weighted by atomic mass is 10.2. The Bertz CT molecular complexity index is 737. The van der Waals surface area contributed by atoms with Gasteiger partial charge in [-0.1, -0.05) is 12.1 Å². The number of benzene rings is 1. The van der Waals surface area contributed by atoms with Crippen LogP contribution in [0.2, 0.25) is 5.28 Å². The molecule has 2 aromatic rings. The number of ether oxygens (including phenoxy) is 2. The Morgan fingerprint density at radius 2 is 2.17 bits per heavy atom. The molecule has 3 rings (SSSR count). The fourth-order valence-electron chi connectivity index (χ4n) is 2.38. The molecule has 0 N–H and O–H groups in total. The summed E-state index contributed by atoms with van der Waals surface area (Å²) in [5.74, 6) is 0.350. The quantitative estimate of drug-likeness (QED) is 0.464. The predicted octanol–water partition coefficient (Wildman–Crippen LogP) is 2.45. The molecule has 1 aromatic heterocycles. The van der Waals surface area contributed by atoms with Crippen LogP contribution in [0.4, 0.5) is 11.4 Å². The van der Waals surface area contributed by atoms with Gasteiger partial charge in [-0.15, -0.1) is 0 Å². The Morgan fingerprint density at radius 3 is 2.92 bits per heavy atom. The van der Waals surface area contributed by atoms with Crippen LogP contribution in [-0.4, -0.2) is 41.2 Å². The number of halogens is 1. The van der Waals surface area contributed by atoms with E-state index in [0.717, 1.165) is 5.69 Å². The zero-order valence-electron chi connectivity index (χ0n) is 12.7. The molecule has 0 aliphatic carbocycles. The number of hydrogen-bond donors (Lipinski definition) is 0. The Labute approximate surface area is 143 Å². The van der Waals surface area contributed by atoms with Crippen molar-refractivity contribution < 1.29 is 14.4 Å². The minimum atomic E-state index is -0.440. The van der Waals surface area contributed by atoms with Gasteiger partial charge in [-0.3, -0.25) is 10.1 Å². The number of morpholine rings is 1. The smallest absolute Gasteiger partial charge is 0.269 e. The first-order chi connectivity index (χ1) is 11.6. The van der Waals surface area contributed by atoms with Gasteiger partial charge < -0.3 is 14.4 Å². The summed E-state index contributed by atoms with van der Waals surface area (Å²) in [6.45, 7) is 2.79. The summed E-state index contributed by atoms with van der Waals surface area (Å²) in [5, 5.41) is 10.9. The van der Waals surface area contributed by atoms with Gasteiger partial charge in [0.15, 0.2) is 0 Å². The van der Waals surface area contributed by atoms with Crippen molar-refractivity contribution in [2.24, 2.45) is 0 Å². The molecule has 0 amide bonds. The molecule has 24 heavy (non-hydrogen) atoms. The molecule has 8 nitrogen and oxygen atoms in total. The van der Waals surface area contributed by atoms with Crippen molar-refractivity contribution in [3.63, 3.8) is 0 Å². The average Bonchev–Trinajstić information content (AvgIpc) is 2.61. The van der Waals surface area contributed by atoms with E-state index in [1.54, 1.807) is 18.3 Å². The lowest BCUT2D eigenvalue weighted by molar-refractivity contribution is -0.384. The van der Waals surface area contributed by atoms with Crippen LogP contribution < -0.4 is 9.64 Å². The highest BCUT2D eigenvalue weighted by atomic mass is 35.5. The first-order valence-electron chi connectivity index (χ1n) is 7.35. The van der Waals surface area contributed by atoms with Gasteiger partial charge >= 0.3 is 0 Å². The van der Waals surface area contributed by atoms with E-state index in [9.17, 15) is 10.1 Å². The van der Waals surface area contributed by atoms with Crippen molar-refractivity contribution in [1.82, 2.24) is 9.97 Å². The fraction of sp³-hybridized carbons (Fsp3) is 0.333. The number of rotatable bonds is 5.